The van der Waals surface area contributed by atoms with Crippen molar-refractivity contribution in [3.63, 3.8) is 0 Å². The van der Waals surface area contributed by atoms with E-state index in [9.17, 15) is 8.42 Å². The minimum Gasteiger partial charge on any atom is -0.308 e. The van der Waals surface area contributed by atoms with Gasteiger partial charge < -0.3 is 5.43 Å². The summed E-state index contributed by atoms with van der Waals surface area (Å²) in [5.74, 6) is 6.29. The van der Waals surface area contributed by atoms with Crippen LogP contribution in [0.1, 0.15) is 35.7 Å². The van der Waals surface area contributed by atoms with Gasteiger partial charge in [-0.3, -0.25) is 0 Å². The van der Waals surface area contributed by atoms with Crippen molar-refractivity contribution in [3.8, 4) is 0 Å². The summed E-state index contributed by atoms with van der Waals surface area (Å²) in [6.45, 7) is 1.59. The highest BCUT2D eigenvalue weighted by Crippen LogP contribution is 2.28. The number of hydrogen-bond donors (Lipinski definition) is 2. The Balaban J connectivity index is 2.51. The molecule has 6 nitrogen and oxygen atoms in total. The molecule has 0 saturated heterocycles. The number of nitrogen functional groups attached to an aromatic ring is 1. The van der Waals surface area contributed by atoms with Crippen LogP contribution in [0, 0.1) is 0 Å². The van der Waals surface area contributed by atoms with E-state index in [1.807, 2.05) is 0 Å². The molecule has 0 aromatic carbocycles. The molecule has 94 valence electrons. The Morgan fingerprint density at radius 1 is 1.35 bits per heavy atom. The first kappa shape index (κ1) is 12.3. The monoisotopic (exact) mass is 256 g/mol. The van der Waals surface area contributed by atoms with Gasteiger partial charge in [0.05, 0.1) is 0 Å². The summed E-state index contributed by atoms with van der Waals surface area (Å²) in [5, 5.41) is -0.708. The van der Waals surface area contributed by atoms with Gasteiger partial charge in [0.2, 0.25) is 0 Å². The number of nitrogens with two attached hydrogens (primary N) is 1. The second-order valence-corrected chi connectivity index (χ2v) is 6.69. The molecule has 2 rings (SSSR count). The van der Waals surface area contributed by atoms with E-state index in [-0.39, 0.29) is 0 Å². The zero-order chi connectivity index (χ0) is 12.6. The second-order valence-electron chi connectivity index (χ2n) is 4.33. The lowest BCUT2D eigenvalue weighted by molar-refractivity contribution is 0.589. The van der Waals surface area contributed by atoms with E-state index in [1.165, 1.54) is 6.26 Å². The van der Waals surface area contributed by atoms with Gasteiger partial charge in [-0.25, -0.2) is 24.2 Å². The zero-order valence-corrected chi connectivity index (χ0v) is 10.7. The van der Waals surface area contributed by atoms with Crippen molar-refractivity contribution in [3.05, 3.63) is 17.1 Å². The van der Waals surface area contributed by atoms with Crippen LogP contribution in [-0.4, -0.2) is 24.6 Å². The van der Waals surface area contributed by atoms with Crippen LogP contribution in [0.4, 0.5) is 5.82 Å². The third-order valence-electron chi connectivity index (χ3n) is 3.09. The molecule has 1 atom stereocenters. The molecule has 0 radical (unpaired) electrons. The summed E-state index contributed by atoms with van der Waals surface area (Å²) in [5.41, 5.74) is 4.45. The van der Waals surface area contributed by atoms with Gasteiger partial charge in [0.1, 0.15) is 16.9 Å². The van der Waals surface area contributed by atoms with Gasteiger partial charge in [-0.15, -0.1) is 0 Å². The fourth-order valence-corrected chi connectivity index (χ4v) is 2.43. The van der Waals surface area contributed by atoms with E-state index >= 15 is 0 Å². The molecule has 3 N–H and O–H groups in total. The Kier molecular flexibility index (Phi) is 3.05. The quantitative estimate of drug-likeness (QED) is 0.598. The summed E-state index contributed by atoms with van der Waals surface area (Å²) in [6, 6.07) is 0. The van der Waals surface area contributed by atoms with Crippen molar-refractivity contribution in [2.24, 2.45) is 5.84 Å². The molecule has 1 heterocycles. The van der Waals surface area contributed by atoms with Crippen LogP contribution in [0.2, 0.25) is 0 Å². The van der Waals surface area contributed by atoms with Crippen molar-refractivity contribution in [1.82, 2.24) is 9.97 Å². The Bertz CT molecular complexity index is 541. The van der Waals surface area contributed by atoms with Gasteiger partial charge >= 0.3 is 0 Å². The van der Waals surface area contributed by atoms with Crippen molar-refractivity contribution >= 4 is 15.7 Å². The molecule has 17 heavy (non-hydrogen) atoms. The number of aromatic nitrogens is 2. The van der Waals surface area contributed by atoms with Gasteiger partial charge in [-0.2, -0.15) is 0 Å². The van der Waals surface area contributed by atoms with Crippen molar-refractivity contribution < 1.29 is 8.42 Å². The third-order valence-corrected chi connectivity index (χ3v) is 4.59. The Hall–Kier alpha value is -1.21. The number of sulfone groups is 1. The topological polar surface area (TPSA) is 98.0 Å². The highest BCUT2D eigenvalue weighted by atomic mass is 32.2. The summed E-state index contributed by atoms with van der Waals surface area (Å²) in [4.78, 5) is 8.55. The van der Waals surface area contributed by atoms with Crippen molar-refractivity contribution in [2.45, 2.75) is 31.4 Å². The van der Waals surface area contributed by atoms with E-state index < -0.39 is 15.1 Å². The van der Waals surface area contributed by atoms with Gasteiger partial charge in [0, 0.05) is 17.5 Å². The molecular formula is C10H16N4O2S. The lowest BCUT2D eigenvalue weighted by atomic mass is 10.2. The zero-order valence-electron chi connectivity index (χ0n) is 9.90. The van der Waals surface area contributed by atoms with Crippen LogP contribution in [0.25, 0.3) is 0 Å². The summed E-state index contributed by atoms with van der Waals surface area (Å²) in [7, 11) is -3.19. The van der Waals surface area contributed by atoms with Crippen LogP contribution in [0.15, 0.2) is 0 Å². The standard InChI is InChI=1S/C10H16N4O2S/c1-6(17(2,15)16)9-12-8-5-3-4-7(8)10(13-9)14-11/h6H,3-5,11H2,1-2H3,(H,12,13,14). The Labute approximate surface area is 101 Å². The van der Waals surface area contributed by atoms with Gasteiger partial charge in [-0.1, -0.05) is 0 Å². The average molecular weight is 256 g/mol. The number of hydrazine groups is 1. The first-order chi connectivity index (χ1) is 7.93. The minimum absolute atomic E-state index is 0.320. The fourth-order valence-electron chi connectivity index (χ4n) is 1.94. The SMILES string of the molecule is CC(c1nc2c(c(NN)n1)CCC2)S(C)(=O)=O. The van der Waals surface area contributed by atoms with Crippen LogP contribution < -0.4 is 11.3 Å². The van der Waals surface area contributed by atoms with Crippen LogP contribution in [0.5, 0.6) is 0 Å². The number of anilines is 1. The number of hydrogen-bond acceptors (Lipinski definition) is 6. The molecule has 0 aliphatic heterocycles. The fraction of sp³-hybridized carbons (Fsp3) is 0.600. The molecule has 0 fully saturated rings. The van der Waals surface area contributed by atoms with Crippen LogP contribution in [0.3, 0.4) is 0 Å². The highest BCUT2D eigenvalue weighted by molar-refractivity contribution is 7.90. The Morgan fingerprint density at radius 3 is 2.65 bits per heavy atom. The van der Waals surface area contributed by atoms with E-state index in [1.54, 1.807) is 6.92 Å². The number of rotatable bonds is 3. The van der Waals surface area contributed by atoms with Crippen molar-refractivity contribution in [2.75, 3.05) is 11.7 Å². The first-order valence-electron chi connectivity index (χ1n) is 5.48. The van der Waals surface area contributed by atoms with Gasteiger partial charge in [0.25, 0.3) is 0 Å². The Morgan fingerprint density at radius 2 is 2.06 bits per heavy atom. The average Bonchev–Trinajstić information content (AvgIpc) is 2.73. The molecule has 1 aliphatic carbocycles. The van der Waals surface area contributed by atoms with E-state index in [4.69, 9.17) is 5.84 Å². The number of fused-ring (bicyclic) bond motifs is 1. The first-order valence-corrected chi connectivity index (χ1v) is 7.44. The summed E-state index contributed by atoms with van der Waals surface area (Å²) >= 11 is 0. The maximum Gasteiger partial charge on any atom is 0.157 e. The number of aryl methyl sites for hydroxylation is 1. The van der Waals surface area contributed by atoms with E-state index in [0.717, 1.165) is 30.5 Å². The third kappa shape index (κ3) is 2.25. The molecule has 0 amide bonds. The molecule has 1 aromatic heterocycles. The highest BCUT2D eigenvalue weighted by Gasteiger charge is 2.25. The predicted molar refractivity (Wildman–Crippen MR) is 65.1 cm³/mol. The lowest BCUT2D eigenvalue weighted by Gasteiger charge is -2.12. The molecule has 0 saturated carbocycles. The molecule has 1 aliphatic rings. The molecule has 7 heteroatoms. The van der Waals surface area contributed by atoms with Crippen molar-refractivity contribution in [1.29, 1.82) is 0 Å². The van der Waals surface area contributed by atoms with E-state index in [2.05, 4.69) is 15.4 Å². The molecule has 1 unspecified atom stereocenters. The van der Waals surface area contributed by atoms with Gasteiger partial charge in [-0.05, 0) is 26.2 Å². The van der Waals surface area contributed by atoms with Gasteiger partial charge in [0.15, 0.2) is 9.84 Å². The predicted octanol–water partition coefficient (Wildman–Crippen LogP) is 0.356. The number of nitrogens with zero attached hydrogens (tertiary/aromatic N) is 2. The summed E-state index contributed by atoms with van der Waals surface area (Å²) in [6.07, 6.45) is 3.94. The largest absolute Gasteiger partial charge is 0.308 e. The molecule has 1 aromatic rings. The van der Waals surface area contributed by atoms with Crippen LogP contribution >= 0.6 is 0 Å². The number of nitrogens with one attached hydrogen (secondary N) is 1. The van der Waals surface area contributed by atoms with E-state index in [0.29, 0.717) is 11.6 Å². The maximum absolute atomic E-state index is 11.5. The normalized spacial score (nSPS) is 16.6. The molecule has 0 spiro atoms. The molecule has 0 bridgehead atoms. The second kappa shape index (κ2) is 4.23. The lowest BCUT2D eigenvalue weighted by Crippen LogP contribution is -2.17. The minimum atomic E-state index is -3.19. The molecular weight excluding hydrogens is 240 g/mol. The van der Waals surface area contributed by atoms with Crippen LogP contribution in [-0.2, 0) is 22.7 Å². The summed E-state index contributed by atoms with van der Waals surface area (Å²) < 4.78 is 23.0. The smallest absolute Gasteiger partial charge is 0.157 e. The maximum atomic E-state index is 11.5.